The molecule has 0 saturated carbocycles. The Morgan fingerprint density at radius 3 is 2.65 bits per heavy atom. The van der Waals surface area contributed by atoms with E-state index in [1.165, 1.54) is 0 Å². The maximum atomic E-state index is 12.3. The van der Waals surface area contributed by atoms with Crippen LogP contribution in [0.3, 0.4) is 0 Å². The number of nitrogens with zero attached hydrogens (tertiary/aromatic N) is 1. The summed E-state index contributed by atoms with van der Waals surface area (Å²) >= 11 is 5.03. The molecule has 2 unspecified atom stereocenters. The zero-order valence-corrected chi connectivity index (χ0v) is 12.1. The number of halogens is 1. The molecule has 3 nitrogen and oxygen atoms in total. The lowest BCUT2D eigenvalue weighted by molar-refractivity contribution is 0.0786. The topological polar surface area (TPSA) is 32.3 Å². The average Bonchev–Trinajstić information content (AvgIpc) is 2.92. The zero-order chi connectivity index (χ0) is 12.0. The van der Waals surface area contributed by atoms with E-state index in [1.54, 1.807) is 11.3 Å². The third-order valence-corrected chi connectivity index (χ3v) is 5.87. The van der Waals surface area contributed by atoms with Crippen LogP contribution in [0.4, 0.5) is 0 Å². The second-order valence-corrected chi connectivity index (χ2v) is 7.33. The van der Waals surface area contributed by atoms with Gasteiger partial charge in [-0.1, -0.05) is 0 Å². The second kappa shape index (κ2) is 4.37. The van der Waals surface area contributed by atoms with E-state index in [2.05, 4.69) is 21.2 Å². The molecule has 3 heterocycles. The predicted octanol–water partition coefficient (Wildman–Crippen LogP) is 2.11. The Balaban J connectivity index is 1.75. The largest absolute Gasteiger partial charge is 0.337 e. The molecule has 0 spiro atoms. The summed E-state index contributed by atoms with van der Waals surface area (Å²) in [6.45, 7) is 6.01. The Bertz CT molecular complexity index is 428. The molecule has 1 aromatic rings. The standard InChI is InChI=1S/C12H15BrN2OS/c1-7-2-10(17-11(7)13)12(16)15-5-8-3-14-4-9(8)6-15/h2,8-9,14H,3-6H2,1H3. The van der Waals surface area contributed by atoms with Crippen LogP contribution in [0.25, 0.3) is 0 Å². The number of aryl methyl sites for hydroxylation is 1. The average molecular weight is 315 g/mol. The second-order valence-electron chi connectivity index (χ2n) is 4.96. The normalized spacial score (nSPS) is 27.5. The minimum Gasteiger partial charge on any atom is -0.337 e. The first-order valence-corrected chi connectivity index (χ1v) is 7.52. The highest BCUT2D eigenvalue weighted by Gasteiger charge is 2.38. The summed E-state index contributed by atoms with van der Waals surface area (Å²) < 4.78 is 1.07. The van der Waals surface area contributed by atoms with Gasteiger partial charge >= 0.3 is 0 Å². The van der Waals surface area contributed by atoms with Gasteiger partial charge in [-0.25, -0.2) is 0 Å². The molecule has 1 N–H and O–H groups in total. The summed E-state index contributed by atoms with van der Waals surface area (Å²) in [6.07, 6.45) is 0. The molecule has 2 aliphatic rings. The van der Waals surface area contributed by atoms with Crippen LogP contribution in [0.15, 0.2) is 9.85 Å². The molecule has 92 valence electrons. The van der Waals surface area contributed by atoms with Gasteiger partial charge in [0, 0.05) is 26.2 Å². The van der Waals surface area contributed by atoms with Gasteiger partial charge in [0.2, 0.25) is 0 Å². The number of carbonyl (C=O) groups is 1. The molecule has 1 amide bonds. The summed E-state index contributed by atoms with van der Waals surface area (Å²) in [5.74, 6) is 1.55. The minimum absolute atomic E-state index is 0.207. The van der Waals surface area contributed by atoms with Crippen LogP contribution in [0.1, 0.15) is 15.2 Å². The molecule has 3 rings (SSSR count). The van der Waals surface area contributed by atoms with Crippen molar-refractivity contribution < 1.29 is 4.79 Å². The Morgan fingerprint density at radius 1 is 1.47 bits per heavy atom. The predicted molar refractivity (Wildman–Crippen MR) is 72.5 cm³/mol. The molecule has 2 aliphatic heterocycles. The number of hydrogen-bond donors (Lipinski definition) is 1. The van der Waals surface area contributed by atoms with Gasteiger partial charge in [-0.15, -0.1) is 11.3 Å². The van der Waals surface area contributed by atoms with Crippen molar-refractivity contribution in [3.05, 3.63) is 20.3 Å². The highest BCUT2D eigenvalue weighted by molar-refractivity contribution is 9.11. The van der Waals surface area contributed by atoms with E-state index >= 15 is 0 Å². The van der Waals surface area contributed by atoms with E-state index in [4.69, 9.17) is 0 Å². The van der Waals surface area contributed by atoms with Crippen LogP contribution in [0.5, 0.6) is 0 Å². The fraction of sp³-hybridized carbons (Fsp3) is 0.583. The van der Waals surface area contributed by atoms with Crippen LogP contribution in [0, 0.1) is 18.8 Å². The lowest BCUT2D eigenvalue weighted by Crippen LogP contribution is -2.31. The summed E-state index contributed by atoms with van der Waals surface area (Å²) in [4.78, 5) is 15.2. The van der Waals surface area contributed by atoms with Crippen LogP contribution < -0.4 is 5.32 Å². The van der Waals surface area contributed by atoms with E-state index < -0.39 is 0 Å². The lowest BCUT2D eigenvalue weighted by Gasteiger charge is -2.16. The highest BCUT2D eigenvalue weighted by Crippen LogP contribution is 2.31. The minimum atomic E-state index is 0.207. The molecular weight excluding hydrogens is 300 g/mol. The van der Waals surface area contributed by atoms with Gasteiger partial charge in [-0.05, 0) is 46.3 Å². The molecule has 17 heavy (non-hydrogen) atoms. The van der Waals surface area contributed by atoms with E-state index in [1.807, 2.05) is 17.9 Å². The molecule has 2 atom stereocenters. The van der Waals surface area contributed by atoms with Gasteiger partial charge in [-0.3, -0.25) is 4.79 Å². The number of amides is 1. The smallest absolute Gasteiger partial charge is 0.263 e. The molecule has 0 radical (unpaired) electrons. The molecule has 0 aliphatic carbocycles. The number of fused-ring (bicyclic) bond motifs is 1. The van der Waals surface area contributed by atoms with Crippen molar-refractivity contribution in [2.24, 2.45) is 11.8 Å². The van der Waals surface area contributed by atoms with Crippen molar-refractivity contribution in [2.45, 2.75) is 6.92 Å². The van der Waals surface area contributed by atoms with Crippen molar-refractivity contribution in [1.82, 2.24) is 10.2 Å². The van der Waals surface area contributed by atoms with Crippen molar-refractivity contribution in [3.63, 3.8) is 0 Å². The maximum absolute atomic E-state index is 12.3. The fourth-order valence-corrected chi connectivity index (χ4v) is 4.25. The van der Waals surface area contributed by atoms with Crippen LogP contribution >= 0.6 is 27.3 Å². The highest BCUT2D eigenvalue weighted by atomic mass is 79.9. The number of likely N-dealkylation sites (tertiary alicyclic amines) is 1. The Morgan fingerprint density at radius 2 is 2.12 bits per heavy atom. The van der Waals surface area contributed by atoms with Crippen molar-refractivity contribution in [2.75, 3.05) is 26.2 Å². The van der Waals surface area contributed by atoms with Crippen LogP contribution in [-0.2, 0) is 0 Å². The van der Waals surface area contributed by atoms with Crippen LogP contribution in [0.2, 0.25) is 0 Å². The number of hydrogen-bond acceptors (Lipinski definition) is 3. The van der Waals surface area contributed by atoms with E-state index in [0.717, 1.165) is 40.4 Å². The molecular formula is C12H15BrN2OS. The van der Waals surface area contributed by atoms with Gasteiger partial charge < -0.3 is 10.2 Å². The van der Waals surface area contributed by atoms with Crippen LogP contribution in [-0.4, -0.2) is 37.0 Å². The maximum Gasteiger partial charge on any atom is 0.263 e. The fourth-order valence-electron chi connectivity index (χ4n) is 2.74. The lowest BCUT2D eigenvalue weighted by atomic mass is 10.0. The van der Waals surface area contributed by atoms with Crippen molar-refractivity contribution >= 4 is 33.2 Å². The molecule has 1 aromatic heterocycles. The molecule has 2 saturated heterocycles. The first kappa shape index (κ1) is 11.7. The third-order valence-electron chi connectivity index (χ3n) is 3.74. The first-order chi connectivity index (χ1) is 8.15. The molecule has 0 aromatic carbocycles. The summed E-state index contributed by atoms with van der Waals surface area (Å²) in [5.41, 5.74) is 1.15. The number of rotatable bonds is 1. The summed E-state index contributed by atoms with van der Waals surface area (Å²) in [7, 11) is 0. The first-order valence-electron chi connectivity index (χ1n) is 5.91. The Kier molecular flexibility index (Phi) is 3.00. The number of carbonyl (C=O) groups excluding carboxylic acids is 1. The quantitative estimate of drug-likeness (QED) is 0.861. The zero-order valence-electron chi connectivity index (χ0n) is 9.70. The molecule has 2 fully saturated rings. The van der Waals surface area contributed by atoms with Crippen molar-refractivity contribution in [3.8, 4) is 0 Å². The summed E-state index contributed by atoms with van der Waals surface area (Å²) in [6, 6.07) is 1.99. The summed E-state index contributed by atoms with van der Waals surface area (Å²) in [5, 5.41) is 3.39. The van der Waals surface area contributed by atoms with Gasteiger partial charge in [-0.2, -0.15) is 0 Å². The van der Waals surface area contributed by atoms with E-state index in [9.17, 15) is 4.79 Å². The monoisotopic (exact) mass is 314 g/mol. The Labute approximate surface area is 113 Å². The number of thiophene rings is 1. The molecule has 5 heteroatoms. The third kappa shape index (κ3) is 2.04. The van der Waals surface area contributed by atoms with E-state index in [0.29, 0.717) is 11.8 Å². The molecule has 0 bridgehead atoms. The van der Waals surface area contributed by atoms with Gasteiger partial charge in [0.15, 0.2) is 0 Å². The number of nitrogens with one attached hydrogen (secondary N) is 1. The van der Waals surface area contributed by atoms with Gasteiger partial charge in [0.1, 0.15) is 0 Å². The SMILES string of the molecule is Cc1cc(C(=O)N2CC3CNCC3C2)sc1Br. The van der Waals surface area contributed by atoms with Crippen molar-refractivity contribution in [1.29, 1.82) is 0 Å². The Hall–Kier alpha value is -0.390. The van der Waals surface area contributed by atoms with Gasteiger partial charge in [0.05, 0.1) is 8.66 Å². The van der Waals surface area contributed by atoms with E-state index in [-0.39, 0.29) is 5.91 Å². The van der Waals surface area contributed by atoms with Gasteiger partial charge in [0.25, 0.3) is 5.91 Å².